The van der Waals surface area contributed by atoms with Crippen molar-refractivity contribution in [2.24, 2.45) is 0 Å². The molecule has 0 saturated heterocycles. The summed E-state index contributed by atoms with van der Waals surface area (Å²) in [6, 6.07) is 6.48. The molecular weight excluding hydrogens is 349 g/mol. The molecule has 0 spiro atoms. The Morgan fingerprint density at radius 3 is 2.78 bits per heavy atom. The van der Waals surface area contributed by atoms with E-state index in [1.807, 2.05) is 24.3 Å². The summed E-state index contributed by atoms with van der Waals surface area (Å²) in [5, 5.41) is 11.3. The van der Waals surface area contributed by atoms with E-state index in [9.17, 15) is 9.59 Å². The van der Waals surface area contributed by atoms with Crippen LogP contribution >= 0.6 is 22.6 Å². The Balaban J connectivity index is 2.57. The maximum absolute atomic E-state index is 11.7. The zero-order valence-electron chi connectivity index (χ0n) is 9.85. The Bertz CT molecular complexity index is 436. The number of carbonyl (C=O) groups excluding carboxylic acids is 1. The number of methoxy groups -OCH3 is 1. The average molecular weight is 363 g/mol. The van der Waals surface area contributed by atoms with Gasteiger partial charge in [-0.25, -0.2) is 4.79 Å². The van der Waals surface area contributed by atoms with Crippen molar-refractivity contribution in [3.63, 3.8) is 0 Å². The molecule has 0 aliphatic carbocycles. The predicted molar refractivity (Wildman–Crippen MR) is 74.3 cm³/mol. The van der Waals surface area contributed by atoms with E-state index >= 15 is 0 Å². The van der Waals surface area contributed by atoms with Gasteiger partial charge in [0.25, 0.3) is 0 Å². The summed E-state index contributed by atoms with van der Waals surface area (Å²) in [5.74, 6) is -1.44. The lowest BCUT2D eigenvalue weighted by molar-refractivity contribution is -0.143. The van der Waals surface area contributed by atoms with Crippen molar-refractivity contribution in [1.29, 1.82) is 0 Å². The molecule has 6 heteroatoms. The molecule has 5 nitrogen and oxygen atoms in total. The Morgan fingerprint density at radius 2 is 2.22 bits per heavy atom. The van der Waals surface area contributed by atoms with Gasteiger partial charge in [-0.1, -0.05) is 12.1 Å². The minimum atomic E-state index is -1.10. The minimum Gasteiger partial charge on any atom is -0.480 e. The third-order valence-electron chi connectivity index (χ3n) is 2.22. The zero-order chi connectivity index (χ0) is 13.5. The van der Waals surface area contributed by atoms with Crippen LogP contribution in [0.15, 0.2) is 24.3 Å². The lowest BCUT2D eigenvalue weighted by Crippen LogP contribution is -2.44. The van der Waals surface area contributed by atoms with Crippen molar-refractivity contribution in [2.75, 3.05) is 13.7 Å². The third-order valence-corrected chi connectivity index (χ3v) is 2.89. The second-order valence-corrected chi connectivity index (χ2v) is 4.97. The number of hydrogen-bond acceptors (Lipinski definition) is 3. The van der Waals surface area contributed by atoms with Crippen molar-refractivity contribution in [3.8, 4) is 0 Å². The number of amides is 1. The number of ether oxygens (including phenoxy) is 1. The van der Waals surface area contributed by atoms with E-state index in [4.69, 9.17) is 9.84 Å². The Hall–Kier alpha value is -1.15. The fraction of sp³-hybridized carbons (Fsp3) is 0.333. The van der Waals surface area contributed by atoms with Gasteiger partial charge in [0.05, 0.1) is 13.0 Å². The maximum Gasteiger partial charge on any atom is 0.328 e. The quantitative estimate of drug-likeness (QED) is 0.741. The molecule has 18 heavy (non-hydrogen) atoms. The predicted octanol–water partition coefficient (Wildman–Crippen LogP) is 1.05. The molecule has 0 aromatic heterocycles. The molecule has 1 amide bonds. The fourth-order valence-electron chi connectivity index (χ4n) is 1.42. The molecule has 0 aliphatic rings. The standard InChI is InChI=1S/C12H14INO4/c1-18-7-10(12(16)17)14-11(15)6-8-3-2-4-9(13)5-8/h2-5,10H,6-7H2,1H3,(H,14,15)(H,16,17). The molecule has 0 heterocycles. The molecule has 0 fully saturated rings. The molecular formula is C12H14INO4. The Kier molecular flexibility index (Phi) is 6.06. The first kappa shape index (κ1) is 14.9. The summed E-state index contributed by atoms with van der Waals surface area (Å²) in [5.41, 5.74) is 0.848. The van der Waals surface area contributed by atoms with Crippen LogP contribution in [0.4, 0.5) is 0 Å². The highest BCUT2D eigenvalue weighted by Gasteiger charge is 2.19. The molecule has 98 valence electrons. The second kappa shape index (κ2) is 7.32. The zero-order valence-corrected chi connectivity index (χ0v) is 12.0. The van der Waals surface area contributed by atoms with Crippen LogP contribution in [0.3, 0.4) is 0 Å². The van der Waals surface area contributed by atoms with Gasteiger partial charge in [-0.3, -0.25) is 4.79 Å². The van der Waals surface area contributed by atoms with Gasteiger partial charge in [0.2, 0.25) is 5.91 Å². The van der Waals surface area contributed by atoms with Crippen LogP contribution in [-0.4, -0.2) is 36.7 Å². The van der Waals surface area contributed by atoms with E-state index in [0.29, 0.717) is 0 Å². The molecule has 1 unspecified atom stereocenters. The second-order valence-electron chi connectivity index (χ2n) is 3.72. The largest absolute Gasteiger partial charge is 0.480 e. The molecule has 1 aromatic carbocycles. The van der Waals surface area contributed by atoms with E-state index in [1.54, 1.807) is 0 Å². The summed E-state index contributed by atoms with van der Waals surface area (Å²) >= 11 is 2.16. The van der Waals surface area contributed by atoms with E-state index < -0.39 is 12.0 Å². The smallest absolute Gasteiger partial charge is 0.328 e. The first-order chi connectivity index (χ1) is 8.52. The summed E-state index contributed by atoms with van der Waals surface area (Å²) < 4.78 is 5.77. The highest BCUT2D eigenvalue weighted by molar-refractivity contribution is 14.1. The van der Waals surface area contributed by atoms with E-state index in [0.717, 1.165) is 9.13 Å². The third kappa shape index (κ3) is 5.01. The number of nitrogens with one attached hydrogen (secondary N) is 1. The van der Waals surface area contributed by atoms with Gasteiger partial charge in [-0.15, -0.1) is 0 Å². The molecule has 0 radical (unpaired) electrons. The number of aliphatic carboxylic acids is 1. The van der Waals surface area contributed by atoms with Gasteiger partial charge in [-0.05, 0) is 40.3 Å². The van der Waals surface area contributed by atoms with Crippen molar-refractivity contribution in [3.05, 3.63) is 33.4 Å². The normalized spacial score (nSPS) is 11.9. The fourth-order valence-corrected chi connectivity index (χ4v) is 2.03. The molecule has 0 saturated carbocycles. The number of hydrogen-bond donors (Lipinski definition) is 2. The molecule has 0 aliphatic heterocycles. The van der Waals surface area contributed by atoms with Crippen LogP contribution in [0.1, 0.15) is 5.56 Å². The van der Waals surface area contributed by atoms with Crippen molar-refractivity contribution in [1.82, 2.24) is 5.32 Å². The summed E-state index contributed by atoms with van der Waals surface area (Å²) in [7, 11) is 1.39. The monoisotopic (exact) mass is 363 g/mol. The lowest BCUT2D eigenvalue weighted by Gasteiger charge is -2.13. The van der Waals surface area contributed by atoms with Gasteiger partial charge in [0.15, 0.2) is 6.04 Å². The molecule has 0 bridgehead atoms. The number of rotatable bonds is 6. The van der Waals surface area contributed by atoms with Crippen molar-refractivity contribution < 1.29 is 19.4 Å². The number of halogens is 1. The molecule has 1 atom stereocenters. The SMILES string of the molecule is COCC(NC(=O)Cc1cccc(I)c1)C(=O)O. The van der Waals surface area contributed by atoms with Crippen LogP contribution in [0.25, 0.3) is 0 Å². The van der Waals surface area contributed by atoms with E-state index in [1.165, 1.54) is 7.11 Å². The van der Waals surface area contributed by atoms with Gasteiger partial charge in [-0.2, -0.15) is 0 Å². The maximum atomic E-state index is 11.7. The Labute approximate surface area is 119 Å². The highest BCUT2D eigenvalue weighted by atomic mass is 127. The van der Waals surface area contributed by atoms with Crippen LogP contribution in [0, 0.1) is 3.57 Å². The number of benzene rings is 1. The number of carbonyl (C=O) groups is 2. The summed E-state index contributed by atoms with van der Waals surface area (Å²) in [6.07, 6.45) is 0.157. The average Bonchev–Trinajstić information content (AvgIpc) is 2.28. The minimum absolute atomic E-state index is 0.0482. The summed E-state index contributed by atoms with van der Waals surface area (Å²) in [6.45, 7) is -0.0482. The first-order valence-corrected chi connectivity index (χ1v) is 6.36. The van der Waals surface area contributed by atoms with Gasteiger partial charge in [0, 0.05) is 10.7 Å². The first-order valence-electron chi connectivity index (χ1n) is 5.28. The van der Waals surface area contributed by atoms with Crippen molar-refractivity contribution >= 4 is 34.5 Å². The highest BCUT2D eigenvalue weighted by Crippen LogP contribution is 2.08. The number of carboxylic acids is 1. The van der Waals surface area contributed by atoms with E-state index in [2.05, 4.69) is 27.9 Å². The lowest BCUT2D eigenvalue weighted by atomic mass is 10.1. The van der Waals surface area contributed by atoms with Crippen molar-refractivity contribution in [2.45, 2.75) is 12.5 Å². The Morgan fingerprint density at radius 1 is 1.50 bits per heavy atom. The van der Waals surface area contributed by atoms with Crippen LogP contribution in [0.5, 0.6) is 0 Å². The molecule has 2 N–H and O–H groups in total. The summed E-state index contributed by atoms with van der Waals surface area (Å²) in [4.78, 5) is 22.5. The van der Waals surface area contributed by atoms with Crippen LogP contribution in [0.2, 0.25) is 0 Å². The van der Waals surface area contributed by atoms with Gasteiger partial charge < -0.3 is 15.2 Å². The van der Waals surface area contributed by atoms with E-state index in [-0.39, 0.29) is 18.9 Å². The van der Waals surface area contributed by atoms with Crippen LogP contribution < -0.4 is 5.32 Å². The topological polar surface area (TPSA) is 75.6 Å². The molecule has 1 rings (SSSR count). The molecule has 1 aromatic rings. The van der Waals surface area contributed by atoms with Crippen LogP contribution in [-0.2, 0) is 20.7 Å². The van der Waals surface area contributed by atoms with Gasteiger partial charge >= 0.3 is 5.97 Å². The van der Waals surface area contributed by atoms with Gasteiger partial charge in [0.1, 0.15) is 0 Å². The number of carboxylic acid groups (broad SMARTS) is 1.